The molecule has 0 aliphatic rings. The summed E-state index contributed by atoms with van der Waals surface area (Å²) in [7, 11) is 1.61. The van der Waals surface area contributed by atoms with E-state index in [0.29, 0.717) is 12.0 Å². The third-order valence-electron chi connectivity index (χ3n) is 3.21. The molecule has 4 heteroatoms. The van der Waals surface area contributed by atoms with Crippen molar-refractivity contribution in [2.45, 2.75) is 19.4 Å². The minimum absolute atomic E-state index is 0.256. The lowest BCUT2D eigenvalue weighted by atomic mass is 10.00. The van der Waals surface area contributed by atoms with E-state index in [2.05, 4.69) is 15.9 Å². The zero-order valence-corrected chi connectivity index (χ0v) is 12.9. The van der Waals surface area contributed by atoms with Crippen molar-refractivity contribution in [2.75, 3.05) is 7.11 Å². The maximum atomic E-state index is 13.2. The van der Waals surface area contributed by atoms with Crippen molar-refractivity contribution in [1.29, 1.82) is 0 Å². The number of benzene rings is 2. The molecule has 1 atom stereocenters. The van der Waals surface area contributed by atoms with Crippen molar-refractivity contribution in [3.63, 3.8) is 0 Å². The smallest absolute Gasteiger partial charge is 0.133 e. The van der Waals surface area contributed by atoms with Crippen LogP contribution >= 0.6 is 15.9 Å². The largest absolute Gasteiger partial charge is 0.496 e. The number of halogens is 2. The summed E-state index contributed by atoms with van der Waals surface area (Å²) in [6.45, 7) is 1.69. The summed E-state index contributed by atoms with van der Waals surface area (Å²) in [5.74, 6) is 0.494. The summed E-state index contributed by atoms with van der Waals surface area (Å²) < 4.78 is 19.2. The molecule has 0 saturated heterocycles. The van der Waals surface area contributed by atoms with Gasteiger partial charge in [-0.15, -0.1) is 0 Å². The Bertz CT molecular complexity index is 613. The van der Waals surface area contributed by atoms with Gasteiger partial charge >= 0.3 is 0 Å². The van der Waals surface area contributed by atoms with Gasteiger partial charge in [-0.25, -0.2) is 4.39 Å². The number of aryl methyl sites for hydroxylation is 1. The van der Waals surface area contributed by atoms with E-state index >= 15 is 0 Å². The van der Waals surface area contributed by atoms with Gasteiger partial charge in [0, 0.05) is 6.42 Å². The Labute approximate surface area is 126 Å². The normalized spacial score (nSPS) is 12.2. The van der Waals surface area contributed by atoms with Crippen LogP contribution in [0.2, 0.25) is 0 Å². The summed E-state index contributed by atoms with van der Waals surface area (Å²) in [4.78, 5) is 0. The van der Waals surface area contributed by atoms with Crippen molar-refractivity contribution < 1.29 is 14.2 Å². The zero-order valence-electron chi connectivity index (χ0n) is 11.4. The highest BCUT2D eigenvalue weighted by Crippen LogP contribution is 2.28. The molecular formula is C16H16BrFO2. The van der Waals surface area contributed by atoms with Crippen molar-refractivity contribution in [3.05, 3.63) is 63.4 Å². The molecule has 0 amide bonds. The predicted molar refractivity (Wildman–Crippen MR) is 80.5 cm³/mol. The summed E-state index contributed by atoms with van der Waals surface area (Å²) >= 11 is 3.42. The number of aliphatic hydroxyl groups is 1. The van der Waals surface area contributed by atoms with Crippen LogP contribution in [0, 0.1) is 12.7 Å². The van der Waals surface area contributed by atoms with Crippen molar-refractivity contribution in [3.8, 4) is 5.75 Å². The van der Waals surface area contributed by atoms with E-state index in [-0.39, 0.29) is 5.82 Å². The number of hydrogen-bond acceptors (Lipinski definition) is 2. The topological polar surface area (TPSA) is 29.5 Å². The Morgan fingerprint density at radius 3 is 2.60 bits per heavy atom. The Balaban J connectivity index is 2.16. The van der Waals surface area contributed by atoms with Crippen LogP contribution in [-0.4, -0.2) is 12.2 Å². The summed E-state index contributed by atoms with van der Waals surface area (Å²) in [5.41, 5.74) is 2.24. The van der Waals surface area contributed by atoms with E-state index < -0.39 is 6.10 Å². The zero-order chi connectivity index (χ0) is 14.7. The monoisotopic (exact) mass is 338 g/mol. The second-order valence-electron chi connectivity index (χ2n) is 4.70. The molecule has 1 unspecified atom stereocenters. The molecule has 0 aromatic heterocycles. The Morgan fingerprint density at radius 2 is 2.00 bits per heavy atom. The second-order valence-corrected chi connectivity index (χ2v) is 5.55. The number of ether oxygens (including phenoxy) is 1. The maximum absolute atomic E-state index is 13.2. The molecule has 2 rings (SSSR count). The van der Waals surface area contributed by atoms with Crippen LogP contribution in [0.5, 0.6) is 5.75 Å². The van der Waals surface area contributed by atoms with Gasteiger partial charge in [0.2, 0.25) is 0 Å². The van der Waals surface area contributed by atoms with Gasteiger partial charge in [0.25, 0.3) is 0 Å². The molecule has 0 aliphatic carbocycles. The number of aliphatic hydroxyl groups excluding tert-OH is 1. The molecule has 0 radical (unpaired) electrons. The van der Waals surface area contributed by atoms with Crippen LogP contribution in [0.4, 0.5) is 4.39 Å². The van der Waals surface area contributed by atoms with Crippen molar-refractivity contribution in [2.24, 2.45) is 0 Å². The second kappa shape index (κ2) is 6.37. The third-order valence-corrected chi connectivity index (χ3v) is 3.83. The van der Waals surface area contributed by atoms with E-state index in [1.165, 1.54) is 6.07 Å². The third kappa shape index (κ3) is 3.38. The Hall–Kier alpha value is -1.39. The van der Waals surface area contributed by atoms with Crippen molar-refractivity contribution >= 4 is 15.9 Å². The molecule has 0 bridgehead atoms. The molecular weight excluding hydrogens is 323 g/mol. The van der Waals surface area contributed by atoms with Gasteiger partial charge in [-0.1, -0.05) is 18.2 Å². The highest BCUT2D eigenvalue weighted by molar-refractivity contribution is 9.10. The fraction of sp³-hybridized carbons (Fsp3) is 0.250. The minimum Gasteiger partial charge on any atom is -0.496 e. The summed E-state index contributed by atoms with van der Waals surface area (Å²) in [6, 6.07) is 10.4. The van der Waals surface area contributed by atoms with E-state index in [9.17, 15) is 9.50 Å². The van der Waals surface area contributed by atoms with Crippen LogP contribution in [-0.2, 0) is 6.42 Å². The van der Waals surface area contributed by atoms with Gasteiger partial charge in [-0.2, -0.15) is 0 Å². The minimum atomic E-state index is -0.658. The number of rotatable bonds is 4. The quantitative estimate of drug-likeness (QED) is 0.905. The standard InChI is InChI=1S/C16H16BrFO2/c1-10-7-12(4-5-14(10)18)15(19)9-11-3-6-16(20-2)13(17)8-11/h3-8,15,19H,9H2,1-2H3. The first kappa shape index (κ1) is 15.0. The average molecular weight is 339 g/mol. The van der Waals surface area contributed by atoms with Crippen molar-refractivity contribution in [1.82, 2.24) is 0 Å². The van der Waals surface area contributed by atoms with Gasteiger partial charge in [-0.05, 0) is 57.7 Å². The van der Waals surface area contributed by atoms with Gasteiger partial charge in [0.15, 0.2) is 0 Å². The van der Waals surface area contributed by atoms with Crippen LogP contribution in [0.1, 0.15) is 22.8 Å². The predicted octanol–water partition coefficient (Wildman–Crippen LogP) is 4.18. The molecule has 1 N–H and O–H groups in total. The highest BCUT2D eigenvalue weighted by Gasteiger charge is 2.11. The first-order chi connectivity index (χ1) is 9.51. The van der Waals surface area contributed by atoms with Crippen LogP contribution < -0.4 is 4.74 Å². The van der Waals surface area contributed by atoms with Crippen LogP contribution in [0.3, 0.4) is 0 Å². The Kier molecular flexibility index (Phi) is 4.78. The lowest BCUT2D eigenvalue weighted by Gasteiger charge is -2.13. The van der Waals surface area contributed by atoms with Crippen LogP contribution in [0.15, 0.2) is 40.9 Å². The molecule has 0 heterocycles. The Morgan fingerprint density at radius 1 is 1.25 bits per heavy atom. The van der Waals surface area contributed by atoms with Gasteiger partial charge in [0.05, 0.1) is 17.7 Å². The van der Waals surface area contributed by atoms with Gasteiger partial charge in [-0.3, -0.25) is 0 Å². The molecule has 106 valence electrons. The fourth-order valence-corrected chi connectivity index (χ4v) is 2.64. The summed E-state index contributed by atoms with van der Waals surface area (Å²) in [5, 5.41) is 10.2. The maximum Gasteiger partial charge on any atom is 0.133 e. The van der Waals surface area contributed by atoms with E-state index in [0.717, 1.165) is 21.3 Å². The van der Waals surface area contributed by atoms with Crippen LogP contribution in [0.25, 0.3) is 0 Å². The molecule has 20 heavy (non-hydrogen) atoms. The average Bonchev–Trinajstić information content (AvgIpc) is 2.42. The van der Waals surface area contributed by atoms with E-state index in [4.69, 9.17) is 4.74 Å². The lowest BCUT2D eigenvalue weighted by Crippen LogP contribution is -2.03. The SMILES string of the molecule is COc1ccc(CC(O)c2ccc(F)c(C)c2)cc1Br. The number of methoxy groups -OCH3 is 1. The molecule has 0 spiro atoms. The lowest BCUT2D eigenvalue weighted by molar-refractivity contribution is 0.178. The van der Waals surface area contributed by atoms with E-state index in [1.54, 1.807) is 26.2 Å². The molecule has 0 saturated carbocycles. The van der Waals surface area contributed by atoms with Gasteiger partial charge in [0.1, 0.15) is 11.6 Å². The first-order valence-electron chi connectivity index (χ1n) is 6.28. The number of hydrogen-bond donors (Lipinski definition) is 1. The highest BCUT2D eigenvalue weighted by atomic mass is 79.9. The molecule has 2 aromatic rings. The molecule has 2 aromatic carbocycles. The summed E-state index contributed by atoms with van der Waals surface area (Å²) in [6.07, 6.45) is -0.192. The molecule has 2 nitrogen and oxygen atoms in total. The fourth-order valence-electron chi connectivity index (χ4n) is 2.05. The molecule has 0 fully saturated rings. The van der Waals surface area contributed by atoms with Gasteiger partial charge < -0.3 is 9.84 Å². The van der Waals surface area contributed by atoms with E-state index in [1.807, 2.05) is 18.2 Å². The molecule has 0 aliphatic heterocycles. The first-order valence-corrected chi connectivity index (χ1v) is 7.07.